The van der Waals surface area contributed by atoms with Crippen LogP contribution in [0.5, 0.6) is 0 Å². The Labute approximate surface area is 188 Å². The van der Waals surface area contributed by atoms with Gasteiger partial charge in [0, 0.05) is 25.0 Å². The van der Waals surface area contributed by atoms with Gasteiger partial charge in [0.2, 0.25) is 0 Å². The van der Waals surface area contributed by atoms with E-state index in [4.69, 9.17) is 5.73 Å². The molecule has 4 aromatic heterocycles. The largest absolute Gasteiger partial charge is 0.416 e. The number of fused-ring (bicyclic) bond motifs is 3. The summed E-state index contributed by atoms with van der Waals surface area (Å²) in [5.74, 6) is 0.318. The number of hydrogen-bond acceptors (Lipinski definition) is 6. The second-order valence-electron chi connectivity index (χ2n) is 7.59. The molecule has 0 aliphatic rings. The number of nitrogens with zero attached hydrogens (tertiary/aromatic N) is 5. The molecule has 11 heteroatoms. The Morgan fingerprint density at radius 1 is 0.971 bits per heavy atom. The summed E-state index contributed by atoms with van der Waals surface area (Å²) in [5, 5.41) is 0.0343. The summed E-state index contributed by atoms with van der Waals surface area (Å²) in [5.41, 5.74) is 4.87. The number of aromatic nitrogens is 5. The molecule has 170 valence electrons. The zero-order chi connectivity index (χ0) is 24.2. The second kappa shape index (κ2) is 7.51. The van der Waals surface area contributed by atoms with Gasteiger partial charge in [0.25, 0.3) is 5.56 Å². The minimum absolute atomic E-state index is 0.0343. The standard InChI is InChI=1S/C23H15F3N6O2/c1-31-21(33)15-11-28-17-7-6-16(12-5-8-18(27)29-10-12)30-19(17)20(15)32(22(31)34)14-4-2-3-13(9-14)23(24,25)26/h2-11H,1H3,(H2,27,29). The lowest BCUT2D eigenvalue weighted by Gasteiger charge is -2.15. The quantitative estimate of drug-likeness (QED) is 0.402. The summed E-state index contributed by atoms with van der Waals surface area (Å²) in [4.78, 5) is 39.0. The molecule has 0 bridgehead atoms. The zero-order valence-electron chi connectivity index (χ0n) is 17.5. The van der Waals surface area contributed by atoms with Crippen LogP contribution in [-0.2, 0) is 13.2 Å². The Morgan fingerprint density at radius 3 is 2.47 bits per heavy atom. The normalized spacial score (nSPS) is 11.9. The van der Waals surface area contributed by atoms with Crippen molar-refractivity contribution >= 4 is 27.8 Å². The van der Waals surface area contributed by atoms with E-state index in [0.717, 1.165) is 21.3 Å². The maximum Gasteiger partial charge on any atom is 0.416 e. The maximum absolute atomic E-state index is 13.4. The molecular weight excluding hydrogens is 449 g/mol. The highest BCUT2D eigenvalue weighted by molar-refractivity contribution is 6.01. The minimum atomic E-state index is -4.62. The molecule has 2 N–H and O–H groups in total. The van der Waals surface area contributed by atoms with Crippen LogP contribution in [0.25, 0.3) is 38.9 Å². The molecule has 0 aliphatic carbocycles. The molecule has 0 saturated heterocycles. The number of nitrogens with two attached hydrogens (primary N) is 1. The number of hydrogen-bond donors (Lipinski definition) is 1. The first-order valence-electron chi connectivity index (χ1n) is 9.96. The van der Waals surface area contributed by atoms with E-state index in [1.807, 2.05) is 0 Å². The van der Waals surface area contributed by atoms with Crippen LogP contribution in [0.1, 0.15) is 5.56 Å². The molecule has 0 spiro atoms. The van der Waals surface area contributed by atoms with Crippen LogP contribution < -0.4 is 17.0 Å². The van der Waals surface area contributed by atoms with E-state index in [0.29, 0.717) is 22.6 Å². The number of rotatable bonds is 2. The SMILES string of the molecule is Cn1c(=O)c2cnc3ccc(-c4ccc(N)nc4)nc3c2n(-c2cccc(C(F)(F)F)c2)c1=O. The van der Waals surface area contributed by atoms with E-state index in [1.54, 1.807) is 24.3 Å². The van der Waals surface area contributed by atoms with Gasteiger partial charge in [-0.25, -0.2) is 14.8 Å². The van der Waals surface area contributed by atoms with Crippen molar-refractivity contribution < 1.29 is 13.2 Å². The molecule has 0 atom stereocenters. The maximum atomic E-state index is 13.4. The third-order valence-corrected chi connectivity index (χ3v) is 5.44. The lowest BCUT2D eigenvalue weighted by molar-refractivity contribution is -0.137. The van der Waals surface area contributed by atoms with Crippen molar-refractivity contribution in [2.24, 2.45) is 7.05 Å². The first-order chi connectivity index (χ1) is 16.1. The third-order valence-electron chi connectivity index (χ3n) is 5.44. The zero-order valence-corrected chi connectivity index (χ0v) is 17.5. The smallest absolute Gasteiger partial charge is 0.384 e. The van der Waals surface area contributed by atoms with Crippen LogP contribution in [0.2, 0.25) is 0 Å². The topological polar surface area (TPSA) is 109 Å². The van der Waals surface area contributed by atoms with E-state index in [-0.39, 0.29) is 22.1 Å². The van der Waals surface area contributed by atoms with Gasteiger partial charge < -0.3 is 5.73 Å². The highest BCUT2D eigenvalue weighted by Gasteiger charge is 2.31. The molecule has 4 heterocycles. The van der Waals surface area contributed by atoms with Gasteiger partial charge in [0.1, 0.15) is 11.3 Å². The van der Waals surface area contributed by atoms with Crippen LogP contribution in [-0.4, -0.2) is 24.1 Å². The third kappa shape index (κ3) is 3.38. The Bertz CT molecular complexity index is 1710. The van der Waals surface area contributed by atoms with Crippen molar-refractivity contribution in [2.75, 3.05) is 5.73 Å². The van der Waals surface area contributed by atoms with Gasteiger partial charge in [-0.05, 0) is 42.5 Å². The average molecular weight is 464 g/mol. The molecule has 8 nitrogen and oxygen atoms in total. The fourth-order valence-corrected chi connectivity index (χ4v) is 3.73. The summed E-state index contributed by atoms with van der Waals surface area (Å²) in [6, 6.07) is 10.9. The predicted molar refractivity (Wildman–Crippen MR) is 121 cm³/mol. The summed E-state index contributed by atoms with van der Waals surface area (Å²) < 4.78 is 42.0. The number of halogens is 3. The van der Waals surface area contributed by atoms with Gasteiger partial charge in [-0.3, -0.25) is 18.9 Å². The Morgan fingerprint density at radius 2 is 1.76 bits per heavy atom. The highest BCUT2D eigenvalue weighted by Crippen LogP contribution is 2.31. The number of nitrogen functional groups attached to an aromatic ring is 1. The molecule has 0 radical (unpaired) electrons. The number of alkyl halides is 3. The molecule has 1 aromatic carbocycles. The number of benzene rings is 1. The second-order valence-corrected chi connectivity index (χ2v) is 7.59. The lowest BCUT2D eigenvalue weighted by Crippen LogP contribution is -2.37. The van der Waals surface area contributed by atoms with Crippen molar-refractivity contribution in [1.29, 1.82) is 0 Å². The summed E-state index contributed by atoms with van der Waals surface area (Å²) in [6.07, 6.45) is -1.82. The van der Waals surface area contributed by atoms with Crippen molar-refractivity contribution in [2.45, 2.75) is 6.18 Å². The van der Waals surface area contributed by atoms with Gasteiger partial charge >= 0.3 is 11.9 Å². The predicted octanol–water partition coefficient (Wildman–Crippen LogP) is 3.30. The van der Waals surface area contributed by atoms with Gasteiger partial charge in [-0.1, -0.05) is 6.07 Å². The van der Waals surface area contributed by atoms with E-state index in [9.17, 15) is 22.8 Å². The summed E-state index contributed by atoms with van der Waals surface area (Å²) >= 11 is 0. The molecule has 0 aliphatic heterocycles. The Hall–Kier alpha value is -4.54. The van der Waals surface area contributed by atoms with E-state index in [1.165, 1.54) is 31.6 Å². The van der Waals surface area contributed by atoms with E-state index in [2.05, 4.69) is 15.0 Å². The van der Waals surface area contributed by atoms with Crippen LogP contribution in [0.15, 0.2) is 70.5 Å². The minimum Gasteiger partial charge on any atom is -0.384 e. The van der Waals surface area contributed by atoms with Crippen LogP contribution in [0.3, 0.4) is 0 Å². The molecule has 5 aromatic rings. The number of anilines is 1. The van der Waals surface area contributed by atoms with Crippen LogP contribution in [0.4, 0.5) is 19.0 Å². The monoisotopic (exact) mass is 464 g/mol. The van der Waals surface area contributed by atoms with E-state index >= 15 is 0 Å². The fraction of sp³-hybridized carbons (Fsp3) is 0.0870. The molecular formula is C23H15F3N6O2. The van der Waals surface area contributed by atoms with Gasteiger partial charge in [-0.15, -0.1) is 0 Å². The first-order valence-corrected chi connectivity index (χ1v) is 9.96. The molecule has 0 fully saturated rings. The number of pyridine rings is 3. The molecule has 0 unspecified atom stereocenters. The lowest BCUT2D eigenvalue weighted by atomic mass is 10.1. The van der Waals surface area contributed by atoms with Gasteiger partial charge in [0.15, 0.2) is 0 Å². The van der Waals surface area contributed by atoms with Crippen molar-refractivity contribution in [3.63, 3.8) is 0 Å². The highest BCUT2D eigenvalue weighted by atomic mass is 19.4. The van der Waals surface area contributed by atoms with Crippen molar-refractivity contribution in [3.05, 3.63) is 87.3 Å². The summed E-state index contributed by atoms with van der Waals surface area (Å²) in [7, 11) is 1.25. The molecule has 5 rings (SSSR count). The molecule has 0 saturated carbocycles. The molecule has 34 heavy (non-hydrogen) atoms. The Kier molecular flexibility index (Phi) is 4.71. The van der Waals surface area contributed by atoms with E-state index < -0.39 is 23.0 Å². The first kappa shape index (κ1) is 21.3. The Balaban J connectivity index is 1.92. The molecule has 0 amide bonds. The summed E-state index contributed by atoms with van der Waals surface area (Å²) in [6.45, 7) is 0. The fourth-order valence-electron chi connectivity index (χ4n) is 3.73. The van der Waals surface area contributed by atoms with Crippen LogP contribution in [0, 0.1) is 0 Å². The van der Waals surface area contributed by atoms with Gasteiger partial charge in [0.05, 0.1) is 33.4 Å². The average Bonchev–Trinajstić information content (AvgIpc) is 2.82. The van der Waals surface area contributed by atoms with Gasteiger partial charge in [-0.2, -0.15) is 13.2 Å². The van der Waals surface area contributed by atoms with Crippen molar-refractivity contribution in [3.8, 4) is 16.9 Å². The van der Waals surface area contributed by atoms with Crippen molar-refractivity contribution in [1.82, 2.24) is 24.1 Å². The van der Waals surface area contributed by atoms with Crippen LogP contribution >= 0.6 is 0 Å².